The predicted octanol–water partition coefficient (Wildman–Crippen LogP) is 3.47. The zero-order chi connectivity index (χ0) is 14.4. The molecule has 1 heterocycles. The lowest BCUT2D eigenvalue weighted by molar-refractivity contribution is 0.305. The Morgan fingerprint density at radius 2 is 1.75 bits per heavy atom. The molecule has 0 bridgehead atoms. The van der Waals surface area contributed by atoms with Gasteiger partial charge >= 0.3 is 0 Å². The molecular weight excluding hydrogens is 248 g/mol. The van der Waals surface area contributed by atoms with E-state index in [1.165, 1.54) is 11.1 Å². The van der Waals surface area contributed by atoms with Gasteiger partial charge in [-0.15, -0.1) is 0 Å². The van der Waals surface area contributed by atoms with Gasteiger partial charge in [-0.05, 0) is 30.2 Å². The number of rotatable bonds is 6. The van der Waals surface area contributed by atoms with Crippen LogP contribution in [0, 0.1) is 6.92 Å². The van der Waals surface area contributed by atoms with Crippen LogP contribution >= 0.6 is 0 Å². The van der Waals surface area contributed by atoms with E-state index in [1.807, 2.05) is 19.1 Å². The summed E-state index contributed by atoms with van der Waals surface area (Å²) in [6.45, 7) is 7.74. The Morgan fingerprint density at radius 3 is 2.35 bits per heavy atom. The molecule has 106 valence electrons. The van der Waals surface area contributed by atoms with Crippen molar-refractivity contribution in [3.8, 4) is 5.75 Å². The summed E-state index contributed by atoms with van der Waals surface area (Å²) < 4.78 is 5.71. The van der Waals surface area contributed by atoms with Crippen molar-refractivity contribution in [3.05, 3.63) is 59.4 Å². The Balaban J connectivity index is 1.85. The first kappa shape index (κ1) is 14.5. The Labute approximate surface area is 121 Å². The Morgan fingerprint density at radius 1 is 1.05 bits per heavy atom. The molecule has 0 radical (unpaired) electrons. The summed E-state index contributed by atoms with van der Waals surface area (Å²) in [5.41, 5.74) is 3.46. The third kappa shape index (κ3) is 4.67. The molecule has 2 aromatic rings. The fraction of sp³-hybridized carbons (Fsp3) is 0.353. The maximum atomic E-state index is 5.71. The lowest BCUT2D eigenvalue weighted by Crippen LogP contribution is -2.21. The van der Waals surface area contributed by atoms with Gasteiger partial charge in [-0.25, -0.2) is 0 Å². The number of benzene rings is 1. The van der Waals surface area contributed by atoms with Gasteiger partial charge in [0.05, 0.1) is 6.20 Å². The average Bonchev–Trinajstić information content (AvgIpc) is 2.45. The second-order valence-corrected chi connectivity index (χ2v) is 5.28. The van der Waals surface area contributed by atoms with Crippen LogP contribution < -0.4 is 10.1 Å². The molecule has 0 unspecified atom stereocenters. The highest BCUT2D eigenvalue weighted by atomic mass is 16.5. The van der Waals surface area contributed by atoms with Gasteiger partial charge in [0.1, 0.15) is 12.4 Å². The molecule has 0 saturated carbocycles. The summed E-state index contributed by atoms with van der Waals surface area (Å²) in [5.74, 6) is 0.807. The van der Waals surface area contributed by atoms with Crippen LogP contribution in [0.5, 0.6) is 5.75 Å². The zero-order valence-corrected chi connectivity index (χ0v) is 12.4. The quantitative estimate of drug-likeness (QED) is 0.872. The van der Waals surface area contributed by atoms with Gasteiger partial charge in [0, 0.05) is 18.3 Å². The molecule has 0 aliphatic rings. The van der Waals surface area contributed by atoms with Gasteiger partial charge in [-0.3, -0.25) is 4.98 Å². The molecule has 0 atom stereocenters. The number of hydrogen-bond donors (Lipinski definition) is 1. The maximum Gasteiger partial charge on any atom is 0.138 e. The topological polar surface area (TPSA) is 34.1 Å². The van der Waals surface area contributed by atoms with E-state index in [0.717, 1.165) is 18.0 Å². The summed E-state index contributed by atoms with van der Waals surface area (Å²) >= 11 is 0. The molecule has 0 aliphatic carbocycles. The molecule has 0 saturated heterocycles. The number of pyridine rings is 1. The second-order valence-electron chi connectivity index (χ2n) is 5.28. The first-order chi connectivity index (χ1) is 9.63. The first-order valence-electron chi connectivity index (χ1n) is 7.00. The highest BCUT2D eigenvalue weighted by molar-refractivity contribution is 5.24. The van der Waals surface area contributed by atoms with Gasteiger partial charge in [-0.2, -0.15) is 0 Å². The molecule has 3 nitrogen and oxygen atoms in total. The zero-order valence-electron chi connectivity index (χ0n) is 12.4. The molecular formula is C17H22N2O. The molecule has 0 amide bonds. The molecule has 0 fully saturated rings. The van der Waals surface area contributed by atoms with E-state index >= 15 is 0 Å². The smallest absolute Gasteiger partial charge is 0.138 e. The van der Waals surface area contributed by atoms with Crippen LogP contribution in [-0.2, 0) is 13.2 Å². The fourth-order valence-electron chi connectivity index (χ4n) is 1.78. The third-order valence-electron chi connectivity index (χ3n) is 3.03. The van der Waals surface area contributed by atoms with E-state index in [-0.39, 0.29) is 0 Å². The SMILES string of the molecule is Cc1ccc(OCc2ccc(CNC(C)C)cc2)cn1. The largest absolute Gasteiger partial charge is 0.487 e. The van der Waals surface area contributed by atoms with Crippen molar-refractivity contribution in [3.63, 3.8) is 0 Å². The molecule has 0 spiro atoms. The van der Waals surface area contributed by atoms with E-state index in [4.69, 9.17) is 4.74 Å². The highest BCUT2D eigenvalue weighted by Gasteiger charge is 1.99. The lowest BCUT2D eigenvalue weighted by Gasteiger charge is -2.09. The highest BCUT2D eigenvalue weighted by Crippen LogP contribution is 2.12. The van der Waals surface area contributed by atoms with Crippen molar-refractivity contribution in [1.29, 1.82) is 0 Å². The number of nitrogens with zero attached hydrogens (tertiary/aromatic N) is 1. The van der Waals surface area contributed by atoms with E-state index in [0.29, 0.717) is 12.6 Å². The monoisotopic (exact) mass is 270 g/mol. The molecule has 0 aliphatic heterocycles. The summed E-state index contributed by atoms with van der Waals surface area (Å²) in [4.78, 5) is 4.21. The van der Waals surface area contributed by atoms with Gasteiger partial charge < -0.3 is 10.1 Å². The summed E-state index contributed by atoms with van der Waals surface area (Å²) in [6, 6.07) is 12.9. The number of aryl methyl sites for hydroxylation is 1. The van der Waals surface area contributed by atoms with Crippen LogP contribution in [0.15, 0.2) is 42.6 Å². The minimum absolute atomic E-state index is 0.507. The van der Waals surface area contributed by atoms with Crippen molar-refractivity contribution in [1.82, 2.24) is 10.3 Å². The number of aromatic nitrogens is 1. The van der Waals surface area contributed by atoms with Gasteiger partial charge in [0.25, 0.3) is 0 Å². The van der Waals surface area contributed by atoms with Crippen molar-refractivity contribution < 1.29 is 4.74 Å². The minimum atomic E-state index is 0.507. The van der Waals surface area contributed by atoms with Gasteiger partial charge in [0.15, 0.2) is 0 Å². The second kappa shape index (κ2) is 7.06. The van der Waals surface area contributed by atoms with Crippen molar-refractivity contribution in [2.45, 2.75) is 40.0 Å². The molecule has 1 aromatic heterocycles. The minimum Gasteiger partial charge on any atom is -0.487 e. The van der Waals surface area contributed by atoms with Crippen LogP contribution in [0.3, 0.4) is 0 Å². The van der Waals surface area contributed by atoms with Crippen LogP contribution in [-0.4, -0.2) is 11.0 Å². The van der Waals surface area contributed by atoms with Crippen LogP contribution in [0.4, 0.5) is 0 Å². The molecule has 3 heteroatoms. The van der Waals surface area contributed by atoms with Gasteiger partial charge in [0.2, 0.25) is 0 Å². The Kier molecular flexibility index (Phi) is 5.13. The maximum absolute atomic E-state index is 5.71. The van der Waals surface area contributed by atoms with E-state index in [2.05, 4.69) is 48.4 Å². The number of ether oxygens (including phenoxy) is 1. The van der Waals surface area contributed by atoms with Crippen molar-refractivity contribution in [2.75, 3.05) is 0 Å². The molecule has 1 N–H and O–H groups in total. The van der Waals surface area contributed by atoms with Crippen molar-refractivity contribution >= 4 is 0 Å². The summed E-state index contributed by atoms with van der Waals surface area (Å²) in [5, 5.41) is 3.40. The normalized spacial score (nSPS) is 10.8. The summed E-state index contributed by atoms with van der Waals surface area (Å²) in [7, 11) is 0. The standard InChI is InChI=1S/C17H22N2O/c1-13(2)18-10-15-5-7-16(8-6-15)12-20-17-9-4-14(3)19-11-17/h4-9,11,13,18H,10,12H2,1-3H3. The lowest BCUT2D eigenvalue weighted by atomic mass is 10.1. The first-order valence-corrected chi connectivity index (χ1v) is 7.00. The Hall–Kier alpha value is -1.87. The van der Waals surface area contributed by atoms with Crippen LogP contribution in [0.25, 0.3) is 0 Å². The average molecular weight is 270 g/mol. The van der Waals surface area contributed by atoms with Gasteiger partial charge in [-0.1, -0.05) is 38.1 Å². The Bertz CT molecular complexity index is 518. The fourth-order valence-corrected chi connectivity index (χ4v) is 1.78. The van der Waals surface area contributed by atoms with E-state index in [9.17, 15) is 0 Å². The third-order valence-corrected chi connectivity index (χ3v) is 3.03. The number of hydrogen-bond acceptors (Lipinski definition) is 3. The molecule has 1 aromatic carbocycles. The van der Waals surface area contributed by atoms with E-state index < -0.39 is 0 Å². The van der Waals surface area contributed by atoms with Crippen LogP contribution in [0.1, 0.15) is 30.7 Å². The van der Waals surface area contributed by atoms with Crippen LogP contribution in [0.2, 0.25) is 0 Å². The van der Waals surface area contributed by atoms with Crippen molar-refractivity contribution in [2.24, 2.45) is 0 Å². The summed E-state index contributed by atoms with van der Waals surface area (Å²) in [6.07, 6.45) is 1.76. The molecule has 2 rings (SSSR count). The van der Waals surface area contributed by atoms with E-state index in [1.54, 1.807) is 6.20 Å². The number of nitrogens with one attached hydrogen (secondary N) is 1. The molecule has 20 heavy (non-hydrogen) atoms. The predicted molar refractivity (Wildman–Crippen MR) is 81.7 cm³/mol.